The van der Waals surface area contributed by atoms with Gasteiger partial charge in [-0.2, -0.15) is 0 Å². The van der Waals surface area contributed by atoms with Gasteiger partial charge in [-0.3, -0.25) is 9.69 Å². The number of piperazine rings is 1. The predicted molar refractivity (Wildman–Crippen MR) is 75.8 cm³/mol. The number of amides is 1. The van der Waals surface area contributed by atoms with E-state index < -0.39 is 0 Å². The largest absolute Gasteiger partial charge is 0.507 e. The highest BCUT2D eigenvalue weighted by molar-refractivity contribution is 5.81. The number of hydrogen-bond acceptors (Lipinski definition) is 5. The lowest BCUT2D eigenvalue weighted by atomic mass is 10.1. The highest BCUT2D eigenvalue weighted by Crippen LogP contribution is 2.25. The second-order valence-corrected chi connectivity index (χ2v) is 4.80. The zero-order valence-corrected chi connectivity index (χ0v) is 11.8. The molecule has 1 aromatic carbocycles. The summed E-state index contributed by atoms with van der Waals surface area (Å²) in [5.41, 5.74) is 0.793. The van der Waals surface area contributed by atoms with Crippen molar-refractivity contribution in [1.29, 1.82) is 0 Å². The number of hydrogen-bond donors (Lipinski definition) is 3. The summed E-state index contributed by atoms with van der Waals surface area (Å²) in [5.74, 6) is 0.804. The van der Waals surface area contributed by atoms with Gasteiger partial charge in [-0.15, -0.1) is 0 Å². The number of carbonyl (C=O) groups is 1. The van der Waals surface area contributed by atoms with Crippen molar-refractivity contribution in [2.45, 2.75) is 12.6 Å². The molecule has 1 amide bonds. The fourth-order valence-corrected chi connectivity index (χ4v) is 2.38. The van der Waals surface area contributed by atoms with Gasteiger partial charge in [0, 0.05) is 44.9 Å². The molecule has 0 saturated carbocycles. The smallest absolute Gasteiger partial charge is 0.238 e. The number of aromatic hydroxyl groups is 1. The van der Waals surface area contributed by atoms with Crippen molar-refractivity contribution < 1.29 is 14.6 Å². The van der Waals surface area contributed by atoms with Gasteiger partial charge in [-0.05, 0) is 6.07 Å². The van der Waals surface area contributed by atoms with Gasteiger partial charge in [0.2, 0.25) is 5.91 Å². The van der Waals surface area contributed by atoms with Crippen molar-refractivity contribution in [1.82, 2.24) is 15.5 Å². The Morgan fingerprint density at radius 1 is 1.60 bits per heavy atom. The molecule has 1 saturated heterocycles. The Bertz CT molecular complexity index is 479. The molecule has 1 heterocycles. The Hall–Kier alpha value is -1.79. The Labute approximate surface area is 118 Å². The molecule has 0 aliphatic carbocycles. The van der Waals surface area contributed by atoms with Gasteiger partial charge in [0.25, 0.3) is 0 Å². The summed E-state index contributed by atoms with van der Waals surface area (Å²) in [7, 11) is 3.20. The van der Waals surface area contributed by atoms with Crippen LogP contribution in [0.4, 0.5) is 0 Å². The standard InChI is InChI=1S/C14H21N3O3/c1-15-14(19)12-8-16-5-6-17(12)9-10-3-4-11(20-2)7-13(10)18/h3-4,7,12,16,18H,5-6,8-9H2,1-2H3,(H,15,19). The van der Waals surface area contributed by atoms with Crippen LogP contribution in [0.3, 0.4) is 0 Å². The van der Waals surface area contributed by atoms with E-state index in [2.05, 4.69) is 15.5 Å². The maximum absolute atomic E-state index is 11.9. The maximum atomic E-state index is 11.9. The van der Waals surface area contributed by atoms with Gasteiger partial charge < -0.3 is 20.5 Å². The van der Waals surface area contributed by atoms with Gasteiger partial charge in [-0.25, -0.2) is 0 Å². The van der Waals surface area contributed by atoms with Gasteiger partial charge in [-0.1, -0.05) is 6.07 Å². The van der Waals surface area contributed by atoms with Crippen molar-refractivity contribution in [2.24, 2.45) is 0 Å². The first kappa shape index (κ1) is 14.6. The number of nitrogens with one attached hydrogen (secondary N) is 2. The van der Waals surface area contributed by atoms with Crippen LogP contribution < -0.4 is 15.4 Å². The molecule has 6 nitrogen and oxygen atoms in total. The first-order chi connectivity index (χ1) is 9.65. The van der Waals surface area contributed by atoms with E-state index in [9.17, 15) is 9.90 Å². The molecule has 0 spiro atoms. The van der Waals surface area contributed by atoms with Crippen molar-refractivity contribution >= 4 is 5.91 Å². The normalized spacial score (nSPS) is 19.6. The molecular weight excluding hydrogens is 258 g/mol. The Kier molecular flexibility index (Phi) is 4.81. The quantitative estimate of drug-likeness (QED) is 0.719. The first-order valence-corrected chi connectivity index (χ1v) is 6.68. The molecule has 1 unspecified atom stereocenters. The minimum Gasteiger partial charge on any atom is -0.507 e. The number of nitrogens with zero attached hydrogens (tertiary/aromatic N) is 1. The number of likely N-dealkylation sites (N-methyl/N-ethyl adjacent to an activating group) is 1. The monoisotopic (exact) mass is 279 g/mol. The number of methoxy groups -OCH3 is 1. The summed E-state index contributed by atoms with van der Waals surface area (Å²) in [6.07, 6.45) is 0. The molecule has 2 rings (SSSR count). The molecule has 0 bridgehead atoms. The average Bonchev–Trinajstić information content (AvgIpc) is 2.49. The molecule has 0 aromatic heterocycles. The average molecular weight is 279 g/mol. The van der Waals surface area contributed by atoms with Crippen molar-refractivity contribution in [3.63, 3.8) is 0 Å². The summed E-state index contributed by atoms with van der Waals surface area (Å²) in [6.45, 7) is 2.76. The molecule has 0 radical (unpaired) electrons. The SMILES string of the molecule is CNC(=O)C1CNCCN1Cc1ccc(OC)cc1O. The van der Waals surface area contributed by atoms with Crippen LogP contribution in [0, 0.1) is 0 Å². The van der Waals surface area contributed by atoms with Gasteiger partial charge >= 0.3 is 0 Å². The fraction of sp³-hybridized carbons (Fsp3) is 0.500. The van der Waals surface area contributed by atoms with Crippen LogP contribution in [0.15, 0.2) is 18.2 Å². The van der Waals surface area contributed by atoms with Crippen molar-refractivity contribution in [3.8, 4) is 11.5 Å². The number of rotatable bonds is 4. The summed E-state index contributed by atoms with van der Waals surface area (Å²) in [5, 5.41) is 15.9. The fourth-order valence-electron chi connectivity index (χ4n) is 2.38. The lowest BCUT2D eigenvalue weighted by molar-refractivity contribution is -0.126. The van der Waals surface area contributed by atoms with Crippen LogP contribution in [0.2, 0.25) is 0 Å². The maximum Gasteiger partial charge on any atom is 0.238 e. The molecule has 110 valence electrons. The third-order valence-corrected chi connectivity index (χ3v) is 3.57. The highest BCUT2D eigenvalue weighted by atomic mass is 16.5. The lowest BCUT2D eigenvalue weighted by Crippen LogP contribution is -2.56. The Morgan fingerprint density at radius 3 is 3.05 bits per heavy atom. The van der Waals surface area contributed by atoms with Gasteiger partial charge in [0.15, 0.2) is 0 Å². The predicted octanol–water partition coefficient (Wildman–Crippen LogP) is -0.0794. The van der Waals surface area contributed by atoms with Crippen LogP contribution >= 0.6 is 0 Å². The second kappa shape index (κ2) is 6.58. The van der Waals surface area contributed by atoms with Crippen LogP contribution in [-0.2, 0) is 11.3 Å². The van der Waals surface area contributed by atoms with E-state index in [1.54, 1.807) is 20.2 Å². The zero-order valence-electron chi connectivity index (χ0n) is 11.8. The summed E-state index contributed by atoms with van der Waals surface area (Å²) in [6, 6.07) is 5.02. The van der Waals surface area contributed by atoms with E-state index in [0.29, 0.717) is 18.8 Å². The van der Waals surface area contributed by atoms with Crippen molar-refractivity contribution in [3.05, 3.63) is 23.8 Å². The Balaban J connectivity index is 2.12. The summed E-state index contributed by atoms with van der Waals surface area (Å²) in [4.78, 5) is 13.9. The number of carbonyl (C=O) groups excluding carboxylic acids is 1. The van der Waals surface area contributed by atoms with Crippen LogP contribution in [-0.4, -0.2) is 55.7 Å². The topological polar surface area (TPSA) is 73.8 Å². The summed E-state index contributed by atoms with van der Waals surface area (Å²) >= 11 is 0. The molecule has 1 aromatic rings. The second-order valence-electron chi connectivity index (χ2n) is 4.80. The Morgan fingerprint density at radius 2 is 2.40 bits per heavy atom. The molecule has 6 heteroatoms. The van der Waals surface area contributed by atoms with E-state index in [1.807, 2.05) is 12.1 Å². The first-order valence-electron chi connectivity index (χ1n) is 6.68. The molecule has 1 aliphatic rings. The number of phenols is 1. The van der Waals surface area contributed by atoms with Crippen LogP contribution in [0.25, 0.3) is 0 Å². The van der Waals surface area contributed by atoms with E-state index in [0.717, 1.165) is 18.7 Å². The molecule has 1 aliphatic heterocycles. The van der Waals surface area contributed by atoms with Crippen LogP contribution in [0.5, 0.6) is 11.5 Å². The zero-order chi connectivity index (χ0) is 14.5. The van der Waals surface area contributed by atoms with E-state index in [4.69, 9.17) is 4.74 Å². The van der Waals surface area contributed by atoms with Gasteiger partial charge in [0.05, 0.1) is 7.11 Å². The molecule has 1 fully saturated rings. The number of benzene rings is 1. The minimum absolute atomic E-state index is 0.00907. The van der Waals surface area contributed by atoms with E-state index >= 15 is 0 Å². The van der Waals surface area contributed by atoms with Crippen LogP contribution in [0.1, 0.15) is 5.56 Å². The number of phenolic OH excluding ortho intramolecular Hbond substituents is 1. The lowest BCUT2D eigenvalue weighted by Gasteiger charge is -2.35. The molecule has 1 atom stereocenters. The number of ether oxygens (including phenoxy) is 1. The molecule has 20 heavy (non-hydrogen) atoms. The minimum atomic E-state index is -0.213. The highest BCUT2D eigenvalue weighted by Gasteiger charge is 2.28. The van der Waals surface area contributed by atoms with E-state index in [-0.39, 0.29) is 17.7 Å². The summed E-state index contributed by atoms with van der Waals surface area (Å²) < 4.78 is 5.07. The third-order valence-electron chi connectivity index (χ3n) is 3.57. The van der Waals surface area contributed by atoms with Gasteiger partial charge in [0.1, 0.15) is 17.5 Å². The third kappa shape index (κ3) is 3.20. The molecule has 3 N–H and O–H groups in total. The van der Waals surface area contributed by atoms with Crippen molar-refractivity contribution in [2.75, 3.05) is 33.8 Å². The molecular formula is C14H21N3O3. The van der Waals surface area contributed by atoms with E-state index in [1.165, 1.54) is 0 Å².